The van der Waals surface area contributed by atoms with Crippen LogP contribution in [0.1, 0.15) is 32.4 Å². The lowest BCUT2D eigenvalue weighted by Crippen LogP contribution is -2.30. The summed E-state index contributed by atoms with van der Waals surface area (Å²) >= 11 is 0. The average Bonchev–Trinajstić information content (AvgIpc) is 2.96. The lowest BCUT2D eigenvalue weighted by atomic mass is 10.1. The number of hydrogen-bond acceptors (Lipinski definition) is 11. The van der Waals surface area contributed by atoms with Gasteiger partial charge in [0.1, 0.15) is 5.69 Å². The Hall–Kier alpha value is -4.26. The molecule has 3 rings (SSSR count). The number of pyridine rings is 1. The zero-order valence-electron chi connectivity index (χ0n) is 25.9. The molecule has 1 amide bonds. The normalized spacial score (nSPS) is 11.9. The van der Waals surface area contributed by atoms with Crippen molar-refractivity contribution in [3.63, 3.8) is 0 Å². The largest absolute Gasteiger partial charge is 0.473 e. The van der Waals surface area contributed by atoms with Crippen LogP contribution in [0.5, 0.6) is 5.88 Å². The molecule has 1 unspecified atom stereocenters. The van der Waals surface area contributed by atoms with Gasteiger partial charge in [0.15, 0.2) is 11.6 Å². The molecule has 0 fully saturated rings. The van der Waals surface area contributed by atoms with Gasteiger partial charge in [-0.3, -0.25) is 9.80 Å². The highest BCUT2D eigenvalue weighted by atomic mass is 16.5. The molecule has 1 aromatic carbocycles. The van der Waals surface area contributed by atoms with Gasteiger partial charge in [-0.1, -0.05) is 24.8 Å². The predicted octanol–water partition coefficient (Wildman–Crippen LogP) is 4.16. The first-order chi connectivity index (χ1) is 19.9. The van der Waals surface area contributed by atoms with Crippen LogP contribution in [-0.2, 0) is 4.79 Å². The van der Waals surface area contributed by atoms with Crippen LogP contribution in [0.25, 0.3) is 0 Å². The number of aromatic nitrogens is 3. The monoisotopic (exact) mass is 576 g/mol. The van der Waals surface area contributed by atoms with E-state index >= 15 is 0 Å². The summed E-state index contributed by atoms with van der Waals surface area (Å²) in [6.45, 7) is 11.0. The van der Waals surface area contributed by atoms with Crippen LogP contribution < -0.4 is 31.1 Å². The minimum Gasteiger partial charge on any atom is -0.473 e. The standard InChI is InChI=1S/C30H44N10O2/c1-10-27(41)33-23-19-24(29(42-20(2)3)36-28(23)39(9)18-17-37(5)6)34-30-32-16-15-26(35-30)40(31)25-14-12-11-13-22(25)21(4)38(7)8/h10-16,19-21H,1,17-18,31H2,2-9H3,(H,33,41)(H,32,34,35). The summed E-state index contributed by atoms with van der Waals surface area (Å²) in [5.41, 5.74) is 2.86. The molecule has 3 aromatic rings. The topological polar surface area (TPSA) is 128 Å². The van der Waals surface area contributed by atoms with Gasteiger partial charge in [0.2, 0.25) is 17.7 Å². The minimum absolute atomic E-state index is 0.132. The van der Waals surface area contributed by atoms with Gasteiger partial charge in [-0.15, -0.1) is 0 Å². The number of nitrogens with one attached hydrogen (secondary N) is 2. The number of nitrogens with zero attached hydrogens (tertiary/aromatic N) is 7. The Morgan fingerprint density at radius 3 is 2.40 bits per heavy atom. The first-order valence-electron chi connectivity index (χ1n) is 13.8. The third-order valence-electron chi connectivity index (χ3n) is 6.56. The number of ether oxygens (including phenoxy) is 1. The molecule has 4 N–H and O–H groups in total. The zero-order chi connectivity index (χ0) is 31.0. The van der Waals surface area contributed by atoms with E-state index in [9.17, 15) is 4.79 Å². The van der Waals surface area contributed by atoms with Gasteiger partial charge in [0.05, 0.1) is 17.5 Å². The number of para-hydroxylation sites is 1. The lowest BCUT2D eigenvalue weighted by Gasteiger charge is -2.27. The van der Waals surface area contributed by atoms with Crippen molar-refractivity contribution in [3.05, 3.63) is 60.8 Å². The number of carbonyl (C=O) groups is 1. The summed E-state index contributed by atoms with van der Waals surface area (Å²) in [6.07, 6.45) is 2.68. The SMILES string of the molecule is C=CC(=O)Nc1cc(Nc2nccc(N(N)c3ccccc3C(C)N(C)C)n2)c(OC(C)C)nc1N(C)CCN(C)C. The molecular weight excluding hydrogens is 532 g/mol. The third kappa shape index (κ3) is 8.38. The molecule has 12 heteroatoms. The number of hydrazine groups is 1. The van der Waals surface area contributed by atoms with Crippen LogP contribution in [0, 0.1) is 0 Å². The highest BCUT2D eigenvalue weighted by molar-refractivity contribution is 6.01. The van der Waals surface area contributed by atoms with Crippen molar-refractivity contribution in [2.45, 2.75) is 32.9 Å². The maximum Gasteiger partial charge on any atom is 0.247 e. The van der Waals surface area contributed by atoms with E-state index in [0.29, 0.717) is 35.4 Å². The first-order valence-corrected chi connectivity index (χ1v) is 13.8. The number of nitrogens with two attached hydrogens (primary N) is 1. The second-order valence-electron chi connectivity index (χ2n) is 10.7. The van der Waals surface area contributed by atoms with Crippen molar-refractivity contribution < 1.29 is 9.53 Å². The molecule has 12 nitrogen and oxygen atoms in total. The summed E-state index contributed by atoms with van der Waals surface area (Å²) in [5, 5.41) is 7.64. The fraction of sp³-hybridized carbons (Fsp3) is 0.400. The van der Waals surface area contributed by atoms with E-state index in [0.717, 1.165) is 17.8 Å². The lowest BCUT2D eigenvalue weighted by molar-refractivity contribution is -0.111. The van der Waals surface area contributed by atoms with Gasteiger partial charge < -0.3 is 30.1 Å². The van der Waals surface area contributed by atoms with Crippen molar-refractivity contribution in [1.82, 2.24) is 24.8 Å². The van der Waals surface area contributed by atoms with E-state index in [1.165, 1.54) is 6.08 Å². The Morgan fingerprint density at radius 2 is 1.76 bits per heavy atom. The van der Waals surface area contributed by atoms with Gasteiger partial charge in [-0.25, -0.2) is 10.8 Å². The van der Waals surface area contributed by atoms with E-state index in [1.807, 2.05) is 72.2 Å². The van der Waals surface area contributed by atoms with Gasteiger partial charge in [-0.2, -0.15) is 9.97 Å². The second kappa shape index (κ2) is 14.6. The summed E-state index contributed by atoms with van der Waals surface area (Å²) in [6, 6.07) is 11.6. The molecule has 0 radical (unpaired) electrons. The van der Waals surface area contributed by atoms with Crippen molar-refractivity contribution in [3.8, 4) is 5.88 Å². The van der Waals surface area contributed by atoms with Gasteiger partial charge in [0.25, 0.3) is 0 Å². The third-order valence-corrected chi connectivity index (χ3v) is 6.56. The molecule has 0 bridgehead atoms. The summed E-state index contributed by atoms with van der Waals surface area (Å²) in [7, 11) is 9.97. The Kier molecular flexibility index (Phi) is 11.2. The Balaban J connectivity index is 2.03. The Morgan fingerprint density at radius 1 is 1.05 bits per heavy atom. The highest BCUT2D eigenvalue weighted by Crippen LogP contribution is 2.36. The van der Waals surface area contributed by atoms with E-state index in [1.54, 1.807) is 23.3 Å². The molecule has 0 spiro atoms. The maximum absolute atomic E-state index is 12.3. The number of amides is 1. The first kappa shape index (κ1) is 32.3. The van der Waals surface area contributed by atoms with Crippen molar-refractivity contribution in [1.29, 1.82) is 0 Å². The number of benzene rings is 1. The Bertz CT molecular complexity index is 1360. The molecule has 0 saturated heterocycles. The van der Waals surface area contributed by atoms with Crippen LogP contribution in [-0.4, -0.2) is 85.1 Å². The van der Waals surface area contributed by atoms with Crippen molar-refractivity contribution in [2.24, 2.45) is 5.84 Å². The second-order valence-corrected chi connectivity index (χ2v) is 10.7. The molecule has 0 aliphatic rings. The molecule has 0 saturated carbocycles. The number of carbonyl (C=O) groups excluding carboxylic acids is 1. The summed E-state index contributed by atoms with van der Waals surface area (Å²) in [5.74, 6) is 7.92. The number of hydrogen-bond donors (Lipinski definition) is 3. The molecular formula is C30H44N10O2. The maximum atomic E-state index is 12.3. The number of rotatable bonds is 14. The van der Waals surface area contributed by atoms with Crippen LogP contribution >= 0.6 is 0 Å². The van der Waals surface area contributed by atoms with E-state index in [2.05, 4.69) is 50.0 Å². The molecule has 2 heterocycles. The van der Waals surface area contributed by atoms with Gasteiger partial charge in [0, 0.05) is 38.4 Å². The highest BCUT2D eigenvalue weighted by Gasteiger charge is 2.21. The van der Waals surface area contributed by atoms with E-state index in [-0.39, 0.29) is 24.0 Å². The van der Waals surface area contributed by atoms with Crippen LogP contribution in [0.3, 0.4) is 0 Å². The average molecular weight is 577 g/mol. The number of likely N-dealkylation sites (N-methyl/N-ethyl adjacent to an activating group) is 2. The molecule has 0 aliphatic carbocycles. The zero-order valence-corrected chi connectivity index (χ0v) is 25.9. The van der Waals surface area contributed by atoms with E-state index in [4.69, 9.17) is 15.6 Å². The van der Waals surface area contributed by atoms with Crippen LogP contribution in [0.2, 0.25) is 0 Å². The fourth-order valence-electron chi connectivity index (χ4n) is 4.04. The molecule has 2 aromatic heterocycles. The minimum atomic E-state index is -0.356. The summed E-state index contributed by atoms with van der Waals surface area (Å²) < 4.78 is 6.09. The molecule has 0 aliphatic heterocycles. The smallest absolute Gasteiger partial charge is 0.247 e. The quantitative estimate of drug-likeness (QED) is 0.145. The molecule has 1 atom stereocenters. The number of anilines is 6. The van der Waals surface area contributed by atoms with Crippen molar-refractivity contribution >= 4 is 40.6 Å². The van der Waals surface area contributed by atoms with Crippen LogP contribution in [0.15, 0.2) is 55.3 Å². The Labute approximate surface area is 249 Å². The van der Waals surface area contributed by atoms with Gasteiger partial charge in [-0.05, 0) is 72.7 Å². The van der Waals surface area contributed by atoms with E-state index < -0.39 is 0 Å². The summed E-state index contributed by atoms with van der Waals surface area (Å²) in [4.78, 5) is 32.4. The molecule has 226 valence electrons. The van der Waals surface area contributed by atoms with Gasteiger partial charge >= 0.3 is 0 Å². The predicted molar refractivity (Wildman–Crippen MR) is 171 cm³/mol. The molecule has 42 heavy (non-hydrogen) atoms. The fourth-order valence-corrected chi connectivity index (χ4v) is 4.04. The van der Waals surface area contributed by atoms with Crippen LogP contribution in [0.4, 0.5) is 34.6 Å². The van der Waals surface area contributed by atoms with Crippen molar-refractivity contribution in [2.75, 3.05) is 68.9 Å².